The highest BCUT2D eigenvalue weighted by molar-refractivity contribution is 7.21. The summed E-state index contributed by atoms with van der Waals surface area (Å²) in [5.41, 5.74) is 2.67. The molecule has 7 heteroatoms. The van der Waals surface area contributed by atoms with E-state index in [9.17, 15) is 9.59 Å². The first-order chi connectivity index (χ1) is 11.1. The van der Waals surface area contributed by atoms with Crippen LogP contribution in [0.4, 0.5) is 5.69 Å². The Balaban J connectivity index is 2.00. The van der Waals surface area contributed by atoms with Gasteiger partial charge in [-0.25, -0.2) is 4.98 Å². The largest absolute Gasteiger partial charge is 0.355 e. The Morgan fingerprint density at radius 1 is 1.17 bits per heavy atom. The number of hydrogen-bond acceptors (Lipinski definition) is 5. The zero-order valence-electron chi connectivity index (χ0n) is 12.6. The van der Waals surface area contributed by atoms with Crippen LogP contribution in [-0.4, -0.2) is 28.8 Å². The van der Waals surface area contributed by atoms with Crippen molar-refractivity contribution < 1.29 is 9.59 Å². The maximum absolute atomic E-state index is 11.7. The number of amides is 2. The van der Waals surface area contributed by atoms with E-state index in [4.69, 9.17) is 0 Å². The SMILES string of the molecule is CNC(=O)c1ccc2sc(-c3cc(NC(C)=O)ccn3)nc2c1. The first-order valence-corrected chi connectivity index (χ1v) is 7.75. The predicted molar refractivity (Wildman–Crippen MR) is 90.5 cm³/mol. The number of fused-ring (bicyclic) bond motifs is 1. The highest BCUT2D eigenvalue weighted by Crippen LogP contribution is 2.30. The number of thiazole rings is 1. The Hall–Kier alpha value is -2.80. The maximum atomic E-state index is 11.7. The van der Waals surface area contributed by atoms with Crippen LogP contribution in [0.2, 0.25) is 0 Å². The molecule has 0 fully saturated rings. The summed E-state index contributed by atoms with van der Waals surface area (Å²) in [7, 11) is 1.59. The molecule has 23 heavy (non-hydrogen) atoms. The molecule has 3 aromatic rings. The second-order valence-corrected chi connectivity index (χ2v) is 5.92. The minimum absolute atomic E-state index is 0.137. The number of nitrogens with one attached hydrogen (secondary N) is 2. The van der Waals surface area contributed by atoms with Gasteiger partial charge in [-0.05, 0) is 30.3 Å². The first kappa shape index (κ1) is 15.1. The molecule has 0 atom stereocenters. The molecule has 0 bridgehead atoms. The highest BCUT2D eigenvalue weighted by Gasteiger charge is 2.11. The summed E-state index contributed by atoms with van der Waals surface area (Å²) in [6.07, 6.45) is 1.63. The van der Waals surface area contributed by atoms with E-state index >= 15 is 0 Å². The molecule has 6 nitrogen and oxygen atoms in total. The smallest absolute Gasteiger partial charge is 0.251 e. The van der Waals surface area contributed by atoms with Gasteiger partial charge >= 0.3 is 0 Å². The van der Waals surface area contributed by atoms with Gasteiger partial charge in [0.05, 0.1) is 10.2 Å². The monoisotopic (exact) mass is 326 g/mol. The van der Waals surface area contributed by atoms with Crippen LogP contribution >= 0.6 is 11.3 Å². The van der Waals surface area contributed by atoms with Gasteiger partial charge in [-0.3, -0.25) is 14.6 Å². The van der Waals surface area contributed by atoms with E-state index in [1.54, 1.807) is 37.5 Å². The number of benzene rings is 1. The summed E-state index contributed by atoms with van der Waals surface area (Å²) in [4.78, 5) is 31.7. The van der Waals surface area contributed by atoms with Crippen LogP contribution in [0.5, 0.6) is 0 Å². The summed E-state index contributed by atoms with van der Waals surface area (Å²) in [6.45, 7) is 1.46. The molecule has 2 N–H and O–H groups in total. The Labute approximate surface area is 136 Å². The molecule has 0 saturated heterocycles. The van der Waals surface area contributed by atoms with E-state index in [1.165, 1.54) is 18.3 Å². The second kappa shape index (κ2) is 6.13. The third kappa shape index (κ3) is 3.19. The Morgan fingerprint density at radius 2 is 2.00 bits per heavy atom. The molecule has 0 spiro atoms. The summed E-state index contributed by atoms with van der Waals surface area (Å²) in [6, 6.07) is 8.90. The van der Waals surface area contributed by atoms with Gasteiger partial charge in [0, 0.05) is 31.4 Å². The molecule has 0 aliphatic rings. The van der Waals surface area contributed by atoms with Gasteiger partial charge in [0.25, 0.3) is 5.91 Å². The fourth-order valence-electron chi connectivity index (χ4n) is 2.15. The average Bonchev–Trinajstić information content (AvgIpc) is 2.97. The number of aromatic nitrogens is 2. The summed E-state index contributed by atoms with van der Waals surface area (Å²) in [5.74, 6) is -0.283. The van der Waals surface area contributed by atoms with Crippen molar-refractivity contribution in [1.82, 2.24) is 15.3 Å². The molecule has 0 radical (unpaired) electrons. The van der Waals surface area contributed by atoms with Crippen molar-refractivity contribution in [2.24, 2.45) is 0 Å². The van der Waals surface area contributed by atoms with Crippen molar-refractivity contribution in [2.45, 2.75) is 6.92 Å². The van der Waals surface area contributed by atoms with Crippen LogP contribution in [0.3, 0.4) is 0 Å². The molecule has 3 rings (SSSR count). The Bertz CT molecular complexity index is 904. The van der Waals surface area contributed by atoms with Crippen LogP contribution in [0.1, 0.15) is 17.3 Å². The van der Waals surface area contributed by atoms with Crippen LogP contribution < -0.4 is 10.6 Å². The van der Waals surface area contributed by atoms with Gasteiger partial charge in [0.1, 0.15) is 10.7 Å². The third-order valence-corrected chi connectivity index (χ3v) is 4.24. The van der Waals surface area contributed by atoms with Gasteiger partial charge in [-0.1, -0.05) is 0 Å². The molecular weight excluding hydrogens is 312 g/mol. The molecule has 0 aliphatic carbocycles. The number of rotatable bonds is 3. The van der Waals surface area contributed by atoms with Crippen LogP contribution in [0.25, 0.3) is 20.9 Å². The van der Waals surface area contributed by atoms with E-state index in [0.717, 1.165) is 15.2 Å². The van der Waals surface area contributed by atoms with Gasteiger partial charge in [0.2, 0.25) is 5.91 Å². The zero-order valence-corrected chi connectivity index (χ0v) is 13.4. The average molecular weight is 326 g/mol. The van der Waals surface area contributed by atoms with Crippen molar-refractivity contribution in [3.05, 3.63) is 42.1 Å². The fraction of sp³-hybridized carbons (Fsp3) is 0.125. The molecule has 0 saturated carbocycles. The summed E-state index contributed by atoms with van der Waals surface area (Å²) >= 11 is 1.49. The quantitative estimate of drug-likeness (QED) is 0.775. The Kier molecular flexibility index (Phi) is 4.03. The normalized spacial score (nSPS) is 10.5. The lowest BCUT2D eigenvalue weighted by atomic mass is 10.2. The molecular formula is C16H14N4O2S. The number of anilines is 1. The number of hydrogen-bond donors (Lipinski definition) is 2. The summed E-state index contributed by atoms with van der Waals surface area (Å²) in [5, 5.41) is 6.06. The van der Waals surface area contributed by atoms with E-state index in [1.807, 2.05) is 6.07 Å². The molecule has 2 heterocycles. The third-order valence-electron chi connectivity index (χ3n) is 3.18. The van der Waals surface area contributed by atoms with E-state index in [2.05, 4.69) is 20.6 Å². The lowest BCUT2D eigenvalue weighted by molar-refractivity contribution is -0.114. The van der Waals surface area contributed by atoms with Crippen LogP contribution in [0.15, 0.2) is 36.5 Å². The van der Waals surface area contributed by atoms with Crippen molar-refractivity contribution in [3.63, 3.8) is 0 Å². The number of carbonyl (C=O) groups excluding carboxylic acids is 2. The van der Waals surface area contributed by atoms with Crippen molar-refractivity contribution >= 4 is 39.1 Å². The first-order valence-electron chi connectivity index (χ1n) is 6.93. The zero-order chi connectivity index (χ0) is 16.4. The number of nitrogens with zero attached hydrogens (tertiary/aromatic N) is 2. The van der Waals surface area contributed by atoms with Crippen LogP contribution in [0, 0.1) is 0 Å². The van der Waals surface area contributed by atoms with Gasteiger partial charge in [-0.15, -0.1) is 11.3 Å². The van der Waals surface area contributed by atoms with Gasteiger partial charge in [-0.2, -0.15) is 0 Å². The number of pyridine rings is 1. The van der Waals surface area contributed by atoms with E-state index in [-0.39, 0.29) is 11.8 Å². The van der Waals surface area contributed by atoms with Gasteiger partial charge in [0.15, 0.2) is 0 Å². The molecule has 1 aromatic carbocycles. The highest BCUT2D eigenvalue weighted by atomic mass is 32.1. The molecule has 116 valence electrons. The molecule has 2 amide bonds. The molecule has 0 unspecified atom stereocenters. The molecule has 2 aromatic heterocycles. The molecule has 0 aliphatic heterocycles. The minimum Gasteiger partial charge on any atom is -0.355 e. The van der Waals surface area contributed by atoms with Crippen molar-refractivity contribution in [3.8, 4) is 10.7 Å². The predicted octanol–water partition coefficient (Wildman–Crippen LogP) is 2.68. The standard InChI is InChI=1S/C16H14N4O2S/c1-9(21)19-11-5-6-18-13(8-11)16-20-12-7-10(15(22)17-2)3-4-14(12)23-16/h3-8H,1-2H3,(H,17,22)(H,18,19,21). The van der Waals surface area contributed by atoms with Crippen LogP contribution in [-0.2, 0) is 4.79 Å². The lowest BCUT2D eigenvalue weighted by Gasteiger charge is -2.02. The Morgan fingerprint density at radius 3 is 2.74 bits per heavy atom. The lowest BCUT2D eigenvalue weighted by Crippen LogP contribution is -2.17. The van der Waals surface area contributed by atoms with E-state index < -0.39 is 0 Å². The van der Waals surface area contributed by atoms with Gasteiger partial charge < -0.3 is 10.6 Å². The maximum Gasteiger partial charge on any atom is 0.251 e. The van der Waals surface area contributed by atoms with Crippen molar-refractivity contribution in [1.29, 1.82) is 0 Å². The van der Waals surface area contributed by atoms with E-state index in [0.29, 0.717) is 16.9 Å². The van der Waals surface area contributed by atoms with Crippen molar-refractivity contribution in [2.75, 3.05) is 12.4 Å². The second-order valence-electron chi connectivity index (χ2n) is 4.89. The minimum atomic E-state index is -0.146. The summed E-state index contributed by atoms with van der Waals surface area (Å²) < 4.78 is 0.972. The fourth-order valence-corrected chi connectivity index (χ4v) is 3.06. The topological polar surface area (TPSA) is 84.0 Å². The number of carbonyl (C=O) groups is 2.